The maximum absolute atomic E-state index is 10.7. The largest absolute Gasteiger partial charge is 0.481 e. The highest BCUT2D eigenvalue weighted by atomic mass is 32.2. The van der Waals surface area contributed by atoms with Crippen molar-refractivity contribution < 1.29 is 9.90 Å². The van der Waals surface area contributed by atoms with Crippen molar-refractivity contribution >= 4 is 29.5 Å². The Morgan fingerprint density at radius 1 is 1.40 bits per heavy atom. The average Bonchev–Trinajstić information content (AvgIpc) is 2.88. The molecule has 0 radical (unpaired) electrons. The number of benzene rings is 1. The van der Waals surface area contributed by atoms with Gasteiger partial charge in [0.05, 0.1) is 11.4 Å². The van der Waals surface area contributed by atoms with E-state index in [1.165, 1.54) is 11.8 Å². The van der Waals surface area contributed by atoms with E-state index >= 15 is 0 Å². The molecule has 0 aliphatic carbocycles. The van der Waals surface area contributed by atoms with Crippen molar-refractivity contribution in [3.63, 3.8) is 0 Å². The van der Waals surface area contributed by atoms with Crippen LogP contribution in [0.5, 0.6) is 0 Å². The van der Waals surface area contributed by atoms with Gasteiger partial charge in [0.15, 0.2) is 5.16 Å². The zero-order chi connectivity index (χ0) is 14.5. The molecule has 0 saturated carbocycles. The van der Waals surface area contributed by atoms with Gasteiger partial charge in [0.2, 0.25) is 0 Å². The monoisotopic (exact) mass is 309 g/mol. The lowest BCUT2D eigenvalue weighted by Gasteiger charge is -2.09. The zero-order valence-corrected chi connectivity index (χ0v) is 12.9. The molecule has 7 heteroatoms. The summed E-state index contributed by atoms with van der Waals surface area (Å²) in [6, 6.07) is 8.05. The summed E-state index contributed by atoms with van der Waals surface area (Å²) < 4.78 is 1.92. The Morgan fingerprint density at radius 2 is 2.20 bits per heavy atom. The van der Waals surface area contributed by atoms with Crippen LogP contribution in [-0.2, 0) is 11.2 Å². The van der Waals surface area contributed by atoms with Gasteiger partial charge in [-0.15, -0.1) is 22.0 Å². The smallest absolute Gasteiger partial charge is 0.313 e. The maximum atomic E-state index is 10.7. The van der Waals surface area contributed by atoms with Crippen molar-refractivity contribution in [1.29, 1.82) is 0 Å². The van der Waals surface area contributed by atoms with Gasteiger partial charge < -0.3 is 5.11 Å². The third-order valence-corrected chi connectivity index (χ3v) is 4.29. The standard InChI is InChI=1S/C13H15N3O2S2/c1-3-11-14-15-13(20-8-12(17)18)16(11)9-5-4-6-10(7-9)19-2/h4-7H,3,8H2,1-2H3,(H,17,18). The molecule has 106 valence electrons. The minimum Gasteiger partial charge on any atom is -0.481 e. The van der Waals surface area contributed by atoms with E-state index in [1.807, 2.05) is 35.9 Å². The van der Waals surface area contributed by atoms with Crippen LogP contribution in [0, 0.1) is 0 Å². The number of thioether (sulfide) groups is 2. The fourth-order valence-corrected chi connectivity index (χ4v) is 2.90. The normalized spacial score (nSPS) is 10.7. The number of hydrogen-bond acceptors (Lipinski definition) is 5. The molecule has 0 fully saturated rings. The highest BCUT2D eigenvalue weighted by Gasteiger charge is 2.14. The van der Waals surface area contributed by atoms with E-state index in [-0.39, 0.29) is 5.75 Å². The highest BCUT2D eigenvalue weighted by Crippen LogP contribution is 2.25. The van der Waals surface area contributed by atoms with E-state index < -0.39 is 5.97 Å². The van der Waals surface area contributed by atoms with E-state index in [1.54, 1.807) is 11.8 Å². The molecule has 2 rings (SSSR count). The molecular weight excluding hydrogens is 294 g/mol. The van der Waals surface area contributed by atoms with E-state index in [4.69, 9.17) is 5.11 Å². The first kappa shape index (κ1) is 14.9. The van der Waals surface area contributed by atoms with E-state index in [9.17, 15) is 4.79 Å². The summed E-state index contributed by atoms with van der Waals surface area (Å²) in [5, 5.41) is 17.6. The van der Waals surface area contributed by atoms with Crippen LogP contribution in [0.4, 0.5) is 0 Å². The average molecular weight is 309 g/mol. The molecule has 1 heterocycles. The first-order valence-corrected chi connectivity index (χ1v) is 8.30. The Kier molecular flexibility index (Phi) is 5.08. The molecule has 2 aromatic rings. The molecule has 0 atom stereocenters. The Bertz CT molecular complexity index is 613. The number of aromatic nitrogens is 3. The minimum atomic E-state index is -0.861. The predicted octanol–water partition coefficient (Wildman–Crippen LogP) is 2.73. The first-order valence-electron chi connectivity index (χ1n) is 6.09. The third-order valence-electron chi connectivity index (χ3n) is 2.65. The van der Waals surface area contributed by atoms with Crippen LogP contribution in [0.3, 0.4) is 0 Å². The third kappa shape index (κ3) is 3.34. The summed E-state index contributed by atoms with van der Waals surface area (Å²) in [7, 11) is 0. The molecule has 20 heavy (non-hydrogen) atoms. The Morgan fingerprint density at radius 3 is 2.85 bits per heavy atom. The van der Waals surface area contributed by atoms with Gasteiger partial charge >= 0.3 is 5.97 Å². The van der Waals surface area contributed by atoms with Crippen molar-refractivity contribution in [2.75, 3.05) is 12.0 Å². The molecule has 1 aromatic heterocycles. The van der Waals surface area contributed by atoms with Gasteiger partial charge in [-0.05, 0) is 24.5 Å². The molecule has 0 spiro atoms. The molecule has 0 amide bonds. The second kappa shape index (κ2) is 6.81. The van der Waals surface area contributed by atoms with Gasteiger partial charge in [0.1, 0.15) is 5.82 Å². The number of carboxylic acids is 1. The van der Waals surface area contributed by atoms with Crippen LogP contribution >= 0.6 is 23.5 Å². The van der Waals surface area contributed by atoms with Crippen molar-refractivity contribution in [3.05, 3.63) is 30.1 Å². The summed E-state index contributed by atoms with van der Waals surface area (Å²) in [6.45, 7) is 2.00. The fraction of sp³-hybridized carbons (Fsp3) is 0.308. The second-order valence-corrected chi connectivity index (χ2v) is 5.79. The highest BCUT2D eigenvalue weighted by molar-refractivity contribution is 7.99. The molecule has 0 aliphatic rings. The zero-order valence-electron chi connectivity index (χ0n) is 11.2. The number of carbonyl (C=O) groups is 1. The number of carboxylic acid groups (broad SMARTS) is 1. The lowest BCUT2D eigenvalue weighted by atomic mass is 10.3. The molecule has 0 unspecified atom stereocenters. The molecule has 0 aliphatic heterocycles. The molecular formula is C13H15N3O2S2. The van der Waals surface area contributed by atoms with E-state index in [0.717, 1.165) is 22.8 Å². The van der Waals surface area contributed by atoms with E-state index in [2.05, 4.69) is 16.3 Å². The topological polar surface area (TPSA) is 68.0 Å². The van der Waals surface area contributed by atoms with Gasteiger partial charge in [-0.1, -0.05) is 24.8 Å². The lowest BCUT2D eigenvalue weighted by molar-refractivity contribution is -0.133. The van der Waals surface area contributed by atoms with Crippen molar-refractivity contribution in [2.24, 2.45) is 0 Å². The van der Waals surface area contributed by atoms with Gasteiger partial charge in [-0.2, -0.15) is 0 Å². The van der Waals surface area contributed by atoms with Gasteiger partial charge in [0, 0.05) is 11.3 Å². The van der Waals surface area contributed by atoms with Crippen molar-refractivity contribution in [2.45, 2.75) is 23.4 Å². The van der Waals surface area contributed by atoms with E-state index in [0.29, 0.717) is 5.16 Å². The van der Waals surface area contributed by atoms with Gasteiger partial charge in [-0.3, -0.25) is 9.36 Å². The number of aliphatic carboxylic acids is 1. The van der Waals surface area contributed by atoms with Crippen LogP contribution in [0.15, 0.2) is 34.3 Å². The summed E-state index contributed by atoms with van der Waals surface area (Å²) in [6.07, 6.45) is 2.76. The molecule has 0 saturated heterocycles. The van der Waals surface area contributed by atoms with Gasteiger partial charge in [-0.25, -0.2) is 0 Å². The Balaban J connectivity index is 2.41. The predicted molar refractivity (Wildman–Crippen MR) is 80.9 cm³/mol. The molecule has 0 bridgehead atoms. The molecule has 5 nitrogen and oxygen atoms in total. The number of hydrogen-bond donors (Lipinski definition) is 1. The number of rotatable bonds is 6. The fourth-order valence-electron chi connectivity index (χ4n) is 1.76. The molecule has 1 aromatic carbocycles. The lowest BCUT2D eigenvalue weighted by Crippen LogP contribution is -2.04. The van der Waals surface area contributed by atoms with Crippen LogP contribution in [-0.4, -0.2) is 37.8 Å². The van der Waals surface area contributed by atoms with Gasteiger partial charge in [0.25, 0.3) is 0 Å². The Hall–Kier alpha value is -1.47. The summed E-state index contributed by atoms with van der Waals surface area (Å²) in [4.78, 5) is 11.9. The van der Waals surface area contributed by atoms with Crippen molar-refractivity contribution in [3.8, 4) is 5.69 Å². The van der Waals surface area contributed by atoms with Crippen LogP contribution in [0.2, 0.25) is 0 Å². The first-order chi connectivity index (χ1) is 9.65. The van der Waals surface area contributed by atoms with Crippen LogP contribution < -0.4 is 0 Å². The van der Waals surface area contributed by atoms with Crippen molar-refractivity contribution in [1.82, 2.24) is 14.8 Å². The van der Waals surface area contributed by atoms with Crippen LogP contribution in [0.1, 0.15) is 12.7 Å². The summed E-state index contributed by atoms with van der Waals surface area (Å²) in [5.41, 5.74) is 0.964. The maximum Gasteiger partial charge on any atom is 0.313 e. The number of aryl methyl sites for hydroxylation is 1. The minimum absolute atomic E-state index is 0.0237. The quantitative estimate of drug-likeness (QED) is 0.828. The number of nitrogens with zero attached hydrogens (tertiary/aromatic N) is 3. The summed E-state index contributed by atoms with van der Waals surface area (Å²) >= 11 is 2.85. The SMILES string of the molecule is CCc1nnc(SCC(=O)O)n1-c1cccc(SC)c1. The molecule has 1 N–H and O–H groups in total. The second-order valence-electron chi connectivity index (χ2n) is 3.97. The Labute approximate surface area is 125 Å². The van der Waals surface area contributed by atoms with Crippen LogP contribution in [0.25, 0.3) is 5.69 Å². The summed E-state index contributed by atoms with van der Waals surface area (Å²) in [5.74, 6) is -0.0547.